The van der Waals surface area contributed by atoms with Gasteiger partial charge in [0.25, 0.3) is 0 Å². The van der Waals surface area contributed by atoms with Crippen LogP contribution in [0.25, 0.3) is 0 Å². The second-order valence-corrected chi connectivity index (χ2v) is 8.20. The van der Waals surface area contributed by atoms with Crippen molar-refractivity contribution in [3.05, 3.63) is 0 Å². The van der Waals surface area contributed by atoms with Gasteiger partial charge in [-0.25, -0.2) is 0 Å². The molecule has 0 rings (SSSR count). The van der Waals surface area contributed by atoms with Gasteiger partial charge < -0.3 is 5.32 Å². The maximum absolute atomic E-state index is 12.2. The van der Waals surface area contributed by atoms with Crippen molar-refractivity contribution in [2.75, 3.05) is 0 Å². The van der Waals surface area contributed by atoms with Crippen molar-refractivity contribution in [1.82, 2.24) is 5.32 Å². The van der Waals surface area contributed by atoms with Crippen molar-refractivity contribution in [1.29, 1.82) is 0 Å². The van der Waals surface area contributed by atoms with Crippen molar-refractivity contribution in [2.24, 2.45) is 17.3 Å². The second kappa shape index (κ2) is 7.95. The quantitative estimate of drug-likeness (QED) is 0.687. The molecule has 0 aliphatic rings. The topological polar surface area (TPSA) is 46.2 Å². The van der Waals surface area contributed by atoms with Gasteiger partial charge in [0, 0.05) is 23.8 Å². The molecule has 0 radical (unpaired) electrons. The van der Waals surface area contributed by atoms with Crippen LogP contribution in [0.3, 0.4) is 0 Å². The number of Topliss-reactive ketones (excluding diaryl/α,β-unsaturated/α-hetero) is 1. The minimum absolute atomic E-state index is 0.0506. The van der Waals surface area contributed by atoms with E-state index in [9.17, 15) is 9.59 Å². The fourth-order valence-electron chi connectivity index (χ4n) is 3.00. The van der Waals surface area contributed by atoms with E-state index < -0.39 is 0 Å². The van der Waals surface area contributed by atoms with E-state index in [4.69, 9.17) is 0 Å². The predicted molar refractivity (Wildman–Crippen MR) is 89.2 cm³/mol. The molecule has 1 amide bonds. The Kier molecular flexibility index (Phi) is 7.63. The highest BCUT2D eigenvalue weighted by atomic mass is 16.2. The number of amides is 1. The fraction of sp³-hybridized carbons (Fsp3) is 0.889. The number of hydrogen-bond donors (Lipinski definition) is 1. The number of hydrogen-bond acceptors (Lipinski definition) is 2. The van der Waals surface area contributed by atoms with Gasteiger partial charge in [-0.1, -0.05) is 48.0 Å². The summed E-state index contributed by atoms with van der Waals surface area (Å²) in [6, 6.07) is 0. The standard InChI is InChI=1S/C18H35NO2/c1-9-10-14(4)16(21)19-18(7,8)12-17(5,6)11-15(20)13(2)3/h13-14H,9-12H2,1-8H3,(H,19,21). The Morgan fingerprint density at radius 3 is 2.00 bits per heavy atom. The molecule has 3 heteroatoms. The lowest BCUT2D eigenvalue weighted by Gasteiger charge is -2.36. The molecular formula is C18H35NO2. The number of carbonyl (C=O) groups excluding carboxylic acids is 2. The van der Waals surface area contributed by atoms with E-state index in [1.807, 2.05) is 34.6 Å². The van der Waals surface area contributed by atoms with E-state index >= 15 is 0 Å². The van der Waals surface area contributed by atoms with Gasteiger partial charge in [-0.3, -0.25) is 9.59 Å². The number of nitrogens with one attached hydrogen (secondary N) is 1. The third-order valence-corrected chi connectivity index (χ3v) is 3.85. The molecule has 0 aromatic heterocycles. The Hall–Kier alpha value is -0.860. The first-order valence-electron chi connectivity index (χ1n) is 8.25. The summed E-state index contributed by atoms with van der Waals surface area (Å²) in [4.78, 5) is 24.2. The van der Waals surface area contributed by atoms with Gasteiger partial charge >= 0.3 is 0 Å². The number of rotatable bonds is 9. The minimum Gasteiger partial charge on any atom is -0.351 e. The van der Waals surface area contributed by atoms with Gasteiger partial charge in [0.1, 0.15) is 5.78 Å². The van der Waals surface area contributed by atoms with Crippen molar-refractivity contribution in [3.63, 3.8) is 0 Å². The maximum Gasteiger partial charge on any atom is 0.223 e. The molecule has 1 unspecified atom stereocenters. The zero-order valence-electron chi connectivity index (χ0n) is 15.3. The number of carbonyl (C=O) groups is 2. The van der Waals surface area contributed by atoms with E-state index in [1.165, 1.54) is 0 Å². The maximum atomic E-state index is 12.2. The minimum atomic E-state index is -0.292. The lowest BCUT2D eigenvalue weighted by molar-refractivity contribution is -0.126. The predicted octanol–water partition coefficient (Wildman–Crippen LogP) is 4.35. The average molecular weight is 297 g/mol. The molecule has 0 fully saturated rings. The first-order valence-corrected chi connectivity index (χ1v) is 8.25. The van der Waals surface area contributed by atoms with Gasteiger partial charge in [0.2, 0.25) is 5.91 Å². The Morgan fingerprint density at radius 1 is 1.05 bits per heavy atom. The Balaban J connectivity index is 4.64. The van der Waals surface area contributed by atoms with Crippen LogP contribution >= 0.6 is 0 Å². The lowest BCUT2D eigenvalue weighted by Crippen LogP contribution is -2.48. The zero-order chi connectivity index (χ0) is 16.8. The normalized spacial score (nSPS) is 14.1. The molecular weight excluding hydrogens is 262 g/mol. The summed E-state index contributed by atoms with van der Waals surface area (Å²) in [5.74, 6) is 0.538. The molecule has 0 saturated heterocycles. The highest BCUT2D eigenvalue weighted by Crippen LogP contribution is 2.32. The molecule has 0 aliphatic carbocycles. The van der Waals surface area contributed by atoms with E-state index in [-0.39, 0.29) is 28.7 Å². The van der Waals surface area contributed by atoms with Crippen molar-refractivity contribution in [2.45, 2.75) is 86.6 Å². The first kappa shape index (κ1) is 20.1. The molecule has 1 atom stereocenters. The number of ketones is 1. The molecule has 0 aromatic carbocycles. The monoisotopic (exact) mass is 297 g/mol. The fourth-order valence-corrected chi connectivity index (χ4v) is 3.00. The molecule has 124 valence electrons. The second-order valence-electron chi connectivity index (χ2n) is 8.20. The van der Waals surface area contributed by atoms with Crippen LogP contribution < -0.4 is 5.32 Å². The largest absolute Gasteiger partial charge is 0.351 e. The Bertz CT molecular complexity index is 356. The highest BCUT2D eigenvalue weighted by Gasteiger charge is 2.32. The molecule has 0 heterocycles. The van der Waals surface area contributed by atoms with Crippen molar-refractivity contribution >= 4 is 11.7 Å². The van der Waals surface area contributed by atoms with Gasteiger partial charge in [-0.15, -0.1) is 0 Å². The summed E-state index contributed by atoms with van der Waals surface area (Å²) in [6.45, 7) is 16.3. The van der Waals surface area contributed by atoms with Crippen LogP contribution in [0, 0.1) is 17.3 Å². The summed E-state index contributed by atoms with van der Waals surface area (Å²) in [5.41, 5.74) is -0.397. The van der Waals surface area contributed by atoms with Crippen LogP contribution in [0.5, 0.6) is 0 Å². The highest BCUT2D eigenvalue weighted by molar-refractivity contribution is 5.81. The molecule has 0 spiro atoms. The van der Waals surface area contributed by atoms with E-state index in [2.05, 4.69) is 26.1 Å². The molecule has 3 nitrogen and oxygen atoms in total. The molecule has 0 aliphatic heterocycles. The molecule has 0 saturated carbocycles. The van der Waals surface area contributed by atoms with Crippen LogP contribution in [0.15, 0.2) is 0 Å². The molecule has 0 aromatic rings. The summed E-state index contributed by atoms with van der Waals surface area (Å²) >= 11 is 0. The van der Waals surface area contributed by atoms with Gasteiger partial charge in [-0.05, 0) is 32.1 Å². The van der Waals surface area contributed by atoms with Crippen LogP contribution in [-0.4, -0.2) is 17.2 Å². The molecule has 1 N–H and O–H groups in total. The summed E-state index contributed by atoms with van der Waals surface area (Å²) in [5, 5.41) is 3.15. The Labute approximate surface area is 131 Å². The SMILES string of the molecule is CCCC(C)C(=O)NC(C)(C)CC(C)(C)CC(=O)C(C)C. The van der Waals surface area contributed by atoms with Crippen molar-refractivity contribution in [3.8, 4) is 0 Å². The van der Waals surface area contributed by atoms with E-state index in [0.29, 0.717) is 12.2 Å². The van der Waals surface area contributed by atoms with Crippen LogP contribution in [0.2, 0.25) is 0 Å². The zero-order valence-corrected chi connectivity index (χ0v) is 15.3. The van der Waals surface area contributed by atoms with E-state index in [0.717, 1.165) is 19.3 Å². The smallest absolute Gasteiger partial charge is 0.223 e. The van der Waals surface area contributed by atoms with E-state index in [1.54, 1.807) is 0 Å². The van der Waals surface area contributed by atoms with Gasteiger partial charge in [0.05, 0.1) is 0 Å². The van der Waals surface area contributed by atoms with Crippen LogP contribution in [-0.2, 0) is 9.59 Å². The summed E-state index contributed by atoms with van der Waals surface area (Å²) in [6.07, 6.45) is 3.29. The lowest BCUT2D eigenvalue weighted by atomic mass is 9.75. The van der Waals surface area contributed by atoms with Crippen LogP contribution in [0.1, 0.15) is 81.1 Å². The molecule has 0 bridgehead atoms. The molecule has 21 heavy (non-hydrogen) atoms. The van der Waals surface area contributed by atoms with Gasteiger partial charge in [0.15, 0.2) is 0 Å². The third-order valence-electron chi connectivity index (χ3n) is 3.85. The van der Waals surface area contributed by atoms with Gasteiger partial charge in [-0.2, -0.15) is 0 Å². The third kappa shape index (κ3) is 8.23. The van der Waals surface area contributed by atoms with Crippen molar-refractivity contribution < 1.29 is 9.59 Å². The van der Waals surface area contributed by atoms with Crippen LogP contribution in [0.4, 0.5) is 0 Å². The summed E-state index contributed by atoms with van der Waals surface area (Å²) < 4.78 is 0. The summed E-state index contributed by atoms with van der Waals surface area (Å²) in [7, 11) is 0. The average Bonchev–Trinajstić information content (AvgIpc) is 2.25. The Morgan fingerprint density at radius 2 is 1.57 bits per heavy atom. The first-order chi connectivity index (χ1) is 9.40.